The van der Waals surface area contributed by atoms with E-state index in [-0.39, 0.29) is 11.6 Å². The molecule has 1 amide bonds. The van der Waals surface area contributed by atoms with Gasteiger partial charge in [-0.25, -0.2) is 14.8 Å². The van der Waals surface area contributed by atoms with Crippen LogP contribution < -0.4 is 10.6 Å². The Balaban J connectivity index is 1.78. The molecule has 7 heteroatoms. The minimum absolute atomic E-state index is 0.255. The van der Waals surface area contributed by atoms with E-state index in [2.05, 4.69) is 20.6 Å². The van der Waals surface area contributed by atoms with Crippen molar-refractivity contribution < 1.29 is 14.3 Å². The molecule has 29 heavy (non-hydrogen) atoms. The first-order valence-corrected chi connectivity index (χ1v) is 9.05. The lowest BCUT2D eigenvalue weighted by atomic mass is 10.1. The van der Waals surface area contributed by atoms with Crippen molar-refractivity contribution in [1.82, 2.24) is 9.97 Å². The number of nitrogens with zero attached hydrogens (tertiary/aromatic N) is 2. The Bertz CT molecular complexity index is 1040. The number of esters is 1. The summed E-state index contributed by atoms with van der Waals surface area (Å²) in [5, 5.41) is 6.00. The van der Waals surface area contributed by atoms with Crippen LogP contribution in [0.25, 0.3) is 0 Å². The molecule has 7 nitrogen and oxygen atoms in total. The van der Waals surface area contributed by atoms with Gasteiger partial charge in [0, 0.05) is 17.4 Å². The molecule has 0 unspecified atom stereocenters. The van der Waals surface area contributed by atoms with Crippen LogP contribution in [0.5, 0.6) is 0 Å². The fourth-order valence-electron chi connectivity index (χ4n) is 2.95. The van der Waals surface area contributed by atoms with Crippen LogP contribution in [0.2, 0.25) is 0 Å². The first kappa shape index (κ1) is 20.0. The second-order valence-electron chi connectivity index (χ2n) is 6.71. The molecule has 0 atom stereocenters. The molecule has 0 radical (unpaired) electrons. The number of methoxy groups -OCH3 is 1. The van der Waals surface area contributed by atoms with Gasteiger partial charge in [-0.1, -0.05) is 6.07 Å². The number of carbonyl (C=O) groups excluding carboxylic acids is 2. The third-order valence-corrected chi connectivity index (χ3v) is 4.13. The van der Waals surface area contributed by atoms with E-state index in [0.29, 0.717) is 17.2 Å². The minimum atomic E-state index is -0.403. The van der Waals surface area contributed by atoms with Crippen LogP contribution in [0.1, 0.15) is 37.8 Å². The number of benzene rings is 2. The largest absolute Gasteiger partial charge is 0.465 e. The number of aromatic nitrogens is 2. The summed E-state index contributed by atoms with van der Waals surface area (Å²) in [4.78, 5) is 32.8. The Morgan fingerprint density at radius 3 is 2.14 bits per heavy atom. The zero-order valence-electron chi connectivity index (χ0n) is 16.7. The lowest BCUT2D eigenvalue weighted by Crippen LogP contribution is -2.15. The number of anilines is 3. The number of carbonyl (C=O) groups is 2. The second-order valence-corrected chi connectivity index (χ2v) is 6.71. The average Bonchev–Trinajstić information content (AvgIpc) is 2.66. The summed E-state index contributed by atoms with van der Waals surface area (Å²) in [5.74, 6) is 0.227. The number of rotatable bonds is 5. The van der Waals surface area contributed by atoms with E-state index in [1.165, 1.54) is 7.11 Å². The van der Waals surface area contributed by atoms with Crippen molar-refractivity contribution in [2.45, 2.75) is 20.8 Å². The Morgan fingerprint density at radius 2 is 1.52 bits per heavy atom. The number of ether oxygens (including phenoxy) is 1. The maximum absolute atomic E-state index is 12.7. The van der Waals surface area contributed by atoms with Gasteiger partial charge in [0.05, 0.1) is 12.7 Å². The lowest BCUT2D eigenvalue weighted by Gasteiger charge is -2.10. The molecule has 0 fully saturated rings. The highest BCUT2D eigenvalue weighted by atomic mass is 16.5. The molecule has 0 aliphatic carbocycles. The van der Waals surface area contributed by atoms with Gasteiger partial charge < -0.3 is 15.4 Å². The highest BCUT2D eigenvalue weighted by molar-refractivity contribution is 6.03. The first-order chi connectivity index (χ1) is 13.8. The van der Waals surface area contributed by atoms with E-state index in [1.54, 1.807) is 37.3 Å². The minimum Gasteiger partial charge on any atom is -0.465 e. The van der Waals surface area contributed by atoms with Crippen molar-refractivity contribution in [2.24, 2.45) is 0 Å². The smallest absolute Gasteiger partial charge is 0.337 e. The monoisotopic (exact) mass is 390 g/mol. The highest BCUT2D eigenvalue weighted by Gasteiger charge is 2.12. The van der Waals surface area contributed by atoms with Crippen LogP contribution in [-0.2, 0) is 4.74 Å². The van der Waals surface area contributed by atoms with Crippen molar-refractivity contribution in [3.05, 3.63) is 76.7 Å². The number of hydrogen-bond donors (Lipinski definition) is 2. The van der Waals surface area contributed by atoms with Gasteiger partial charge in [0.2, 0.25) is 0 Å². The van der Waals surface area contributed by atoms with E-state index in [4.69, 9.17) is 4.74 Å². The summed E-state index contributed by atoms with van der Waals surface area (Å²) in [7, 11) is 1.34. The van der Waals surface area contributed by atoms with Crippen LogP contribution in [0.4, 0.5) is 17.2 Å². The number of aryl methyl sites for hydroxylation is 3. The van der Waals surface area contributed by atoms with Crippen LogP contribution in [0, 0.1) is 20.8 Å². The molecule has 1 aromatic heterocycles. The SMILES string of the molecule is COC(=O)c1ccc(Nc2cc(C(=O)Nc3cc(C)cc(C)c3)nc(C)n2)cc1. The fraction of sp³-hybridized carbons (Fsp3) is 0.182. The Labute approximate surface area is 169 Å². The molecule has 0 aliphatic heterocycles. The zero-order chi connectivity index (χ0) is 21.0. The highest BCUT2D eigenvalue weighted by Crippen LogP contribution is 2.18. The molecule has 0 aliphatic rings. The standard InChI is InChI=1S/C22H22N4O3/c1-13-9-14(2)11-18(10-13)26-21(27)19-12-20(24-15(3)23-19)25-17-7-5-16(6-8-17)22(28)29-4/h5-12H,1-4H3,(H,26,27)(H,23,24,25). The maximum atomic E-state index is 12.7. The normalized spacial score (nSPS) is 10.3. The van der Waals surface area contributed by atoms with E-state index < -0.39 is 5.97 Å². The topological polar surface area (TPSA) is 93.2 Å². The van der Waals surface area contributed by atoms with Crippen LogP contribution in [0.3, 0.4) is 0 Å². The summed E-state index contributed by atoms with van der Waals surface area (Å²) < 4.78 is 4.69. The van der Waals surface area contributed by atoms with Crippen molar-refractivity contribution >= 4 is 29.1 Å². The molecule has 0 bridgehead atoms. The summed E-state index contributed by atoms with van der Waals surface area (Å²) in [6.07, 6.45) is 0. The fourth-order valence-corrected chi connectivity index (χ4v) is 2.95. The van der Waals surface area contributed by atoms with E-state index in [1.807, 2.05) is 32.0 Å². The second kappa shape index (κ2) is 8.52. The molecule has 2 N–H and O–H groups in total. The quantitative estimate of drug-likeness (QED) is 0.635. The first-order valence-electron chi connectivity index (χ1n) is 9.05. The van der Waals surface area contributed by atoms with Crippen LogP contribution in [-0.4, -0.2) is 29.0 Å². The third kappa shape index (κ3) is 5.16. The van der Waals surface area contributed by atoms with E-state index >= 15 is 0 Å². The van der Waals surface area contributed by atoms with Crippen LogP contribution in [0.15, 0.2) is 48.5 Å². The molecular weight excluding hydrogens is 368 g/mol. The molecule has 0 saturated carbocycles. The molecular formula is C22H22N4O3. The molecule has 0 spiro atoms. The van der Waals surface area contributed by atoms with Gasteiger partial charge in [-0.3, -0.25) is 4.79 Å². The number of amides is 1. The molecule has 2 aromatic carbocycles. The van der Waals surface area contributed by atoms with Crippen molar-refractivity contribution in [2.75, 3.05) is 17.7 Å². The van der Waals surface area contributed by atoms with Crippen molar-refractivity contribution in [3.63, 3.8) is 0 Å². The summed E-state index contributed by atoms with van der Waals surface area (Å²) >= 11 is 0. The molecule has 1 heterocycles. The molecule has 3 aromatic rings. The van der Waals surface area contributed by atoms with E-state index in [0.717, 1.165) is 22.5 Å². The predicted molar refractivity (Wildman–Crippen MR) is 112 cm³/mol. The number of hydrogen-bond acceptors (Lipinski definition) is 6. The Hall–Kier alpha value is -3.74. The van der Waals surface area contributed by atoms with Crippen molar-refractivity contribution in [1.29, 1.82) is 0 Å². The van der Waals surface area contributed by atoms with Gasteiger partial charge in [-0.15, -0.1) is 0 Å². The van der Waals surface area contributed by atoms with E-state index in [9.17, 15) is 9.59 Å². The van der Waals surface area contributed by atoms with Gasteiger partial charge in [0.1, 0.15) is 17.3 Å². The van der Waals surface area contributed by atoms with Gasteiger partial charge in [-0.2, -0.15) is 0 Å². The van der Waals surface area contributed by atoms with Gasteiger partial charge in [-0.05, 0) is 68.3 Å². The van der Waals surface area contributed by atoms with Gasteiger partial charge in [0.25, 0.3) is 5.91 Å². The third-order valence-electron chi connectivity index (χ3n) is 4.13. The molecule has 0 saturated heterocycles. The van der Waals surface area contributed by atoms with Crippen LogP contribution >= 0.6 is 0 Å². The Kier molecular flexibility index (Phi) is 5.87. The zero-order valence-corrected chi connectivity index (χ0v) is 16.7. The van der Waals surface area contributed by atoms with Gasteiger partial charge in [0.15, 0.2) is 0 Å². The predicted octanol–water partition coefficient (Wildman–Crippen LogP) is 4.18. The molecule has 3 rings (SSSR count). The molecule has 148 valence electrons. The summed E-state index contributed by atoms with van der Waals surface area (Å²) in [5.41, 5.74) is 4.28. The lowest BCUT2D eigenvalue weighted by molar-refractivity contribution is 0.0600. The average molecular weight is 390 g/mol. The summed E-state index contributed by atoms with van der Waals surface area (Å²) in [6, 6.07) is 14.2. The van der Waals surface area contributed by atoms with Gasteiger partial charge >= 0.3 is 5.97 Å². The van der Waals surface area contributed by atoms with Crippen molar-refractivity contribution in [3.8, 4) is 0 Å². The summed E-state index contributed by atoms with van der Waals surface area (Å²) in [6.45, 7) is 5.68. The Morgan fingerprint density at radius 1 is 0.862 bits per heavy atom. The maximum Gasteiger partial charge on any atom is 0.337 e. The number of nitrogens with one attached hydrogen (secondary N) is 2.